The molecule has 1 unspecified atom stereocenters. The highest BCUT2D eigenvalue weighted by Crippen LogP contribution is 2.19. The van der Waals surface area contributed by atoms with Crippen molar-refractivity contribution >= 4 is 11.6 Å². The summed E-state index contributed by atoms with van der Waals surface area (Å²) in [6.07, 6.45) is 6.02. The summed E-state index contributed by atoms with van der Waals surface area (Å²) in [4.78, 5) is 10.8. The van der Waals surface area contributed by atoms with Crippen LogP contribution in [0.5, 0.6) is 0 Å². The van der Waals surface area contributed by atoms with Crippen LogP contribution in [0.1, 0.15) is 18.7 Å². The monoisotopic (exact) mass is 211 g/mol. The molecule has 0 amide bonds. The number of hydrogen-bond acceptors (Lipinski definition) is 3. The quantitative estimate of drug-likeness (QED) is 0.713. The van der Waals surface area contributed by atoms with Crippen molar-refractivity contribution in [2.45, 2.75) is 25.4 Å². The van der Waals surface area contributed by atoms with E-state index in [4.69, 9.17) is 11.6 Å². The number of alkyl halides is 1. The van der Waals surface area contributed by atoms with E-state index in [0.717, 1.165) is 18.9 Å². The standard InChI is InChI=1S/C10H14ClN3/c11-7-9-3-1-6-14(9)8-10-12-4-2-5-13-10/h2,4-5,9H,1,3,6-8H2. The molecule has 1 aromatic heterocycles. The van der Waals surface area contributed by atoms with Crippen LogP contribution in [0.3, 0.4) is 0 Å². The fourth-order valence-electron chi connectivity index (χ4n) is 1.87. The number of aromatic nitrogens is 2. The fraction of sp³-hybridized carbons (Fsp3) is 0.600. The van der Waals surface area contributed by atoms with Gasteiger partial charge in [0, 0.05) is 24.3 Å². The number of halogens is 1. The smallest absolute Gasteiger partial charge is 0.142 e. The van der Waals surface area contributed by atoms with Gasteiger partial charge >= 0.3 is 0 Å². The molecule has 0 bridgehead atoms. The average molecular weight is 212 g/mol. The van der Waals surface area contributed by atoms with E-state index in [1.165, 1.54) is 12.8 Å². The van der Waals surface area contributed by atoms with Gasteiger partial charge in [0.2, 0.25) is 0 Å². The van der Waals surface area contributed by atoms with Crippen LogP contribution < -0.4 is 0 Å². The van der Waals surface area contributed by atoms with Gasteiger partial charge in [-0.15, -0.1) is 11.6 Å². The third kappa shape index (κ3) is 2.22. The zero-order valence-electron chi connectivity index (χ0n) is 8.06. The summed E-state index contributed by atoms with van der Waals surface area (Å²) in [5.41, 5.74) is 0. The Morgan fingerprint density at radius 3 is 2.93 bits per heavy atom. The van der Waals surface area contributed by atoms with Gasteiger partial charge in [0.05, 0.1) is 6.54 Å². The topological polar surface area (TPSA) is 29.0 Å². The van der Waals surface area contributed by atoms with Crippen molar-refractivity contribution in [3.8, 4) is 0 Å². The minimum atomic E-state index is 0.514. The zero-order valence-corrected chi connectivity index (χ0v) is 8.82. The lowest BCUT2D eigenvalue weighted by Crippen LogP contribution is -2.30. The van der Waals surface area contributed by atoms with Crippen LogP contribution in [0.25, 0.3) is 0 Å². The maximum absolute atomic E-state index is 5.89. The van der Waals surface area contributed by atoms with Gasteiger partial charge in [-0.05, 0) is 25.5 Å². The van der Waals surface area contributed by atoms with Crippen LogP contribution in [0.15, 0.2) is 18.5 Å². The lowest BCUT2D eigenvalue weighted by molar-refractivity contribution is 0.256. The lowest BCUT2D eigenvalue weighted by Gasteiger charge is -2.21. The highest BCUT2D eigenvalue weighted by atomic mass is 35.5. The third-order valence-corrected chi connectivity index (χ3v) is 3.00. The van der Waals surface area contributed by atoms with Crippen LogP contribution in [0.4, 0.5) is 0 Å². The average Bonchev–Trinajstić information content (AvgIpc) is 2.67. The van der Waals surface area contributed by atoms with E-state index in [9.17, 15) is 0 Å². The molecule has 1 atom stereocenters. The van der Waals surface area contributed by atoms with Crippen LogP contribution in [-0.2, 0) is 6.54 Å². The van der Waals surface area contributed by atoms with Crippen LogP contribution >= 0.6 is 11.6 Å². The first-order chi connectivity index (χ1) is 6.90. The predicted octanol–water partition coefficient (Wildman–Crippen LogP) is 1.68. The number of nitrogens with zero attached hydrogens (tertiary/aromatic N) is 3. The lowest BCUT2D eigenvalue weighted by atomic mass is 10.2. The molecule has 1 fully saturated rings. The molecule has 76 valence electrons. The minimum absolute atomic E-state index is 0.514. The molecule has 1 saturated heterocycles. The summed E-state index contributed by atoms with van der Waals surface area (Å²) in [6.45, 7) is 1.95. The van der Waals surface area contributed by atoms with E-state index >= 15 is 0 Å². The van der Waals surface area contributed by atoms with Crippen LogP contribution in [0.2, 0.25) is 0 Å². The number of likely N-dealkylation sites (tertiary alicyclic amines) is 1. The van der Waals surface area contributed by atoms with E-state index in [1.54, 1.807) is 12.4 Å². The van der Waals surface area contributed by atoms with Gasteiger partial charge in [-0.25, -0.2) is 9.97 Å². The first kappa shape index (κ1) is 9.87. The summed E-state index contributed by atoms with van der Waals surface area (Å²) >= 11 is 5.89. The van der Waals surface area contributed by atoms with Crippen molar-refractivity contribution < 1.29 is 0 Å². The van der Waals surface area contributed by atoms with Crippen LogP contribution in [0, 0.1) is 0 Å². The Kier molecular flexibility index (Phi) is 3.32. The Hall–Kier alpha value is -0.670. The summed E-state index contributed by atoms with van der Waals surface area (Å²) in [7, 11) is 0. The second-order valence-corrected chi connectivity index (χ2v) is 3.89. The van der Waals surface area contributed by atoms with E-state index < -0.39 is 0 Å². The Balaban J connectivity index is 1.97. The first-order valence-corrected chi connectivity index (χ1v) is 5.49. The molecule has 0 N–H and O–H groups in total. The molecule has 14 heavy (non-hydrogen) atoms. The van der Waals surface area contributed by atoms with Crippen molar-refractivity contribution in [1.82, 2.24) is 14.9 Å². The Morgan fingerprint density at radius 2 is 2.21 bits per heavy atom. The first-order valence-electron chi connectivity index (χ1n) is 4.96. The molecular weight excluding hydrogens is 198 g/mol. The van der Waals surface area contributed by atoms with E-state index in [1.807, 2.05) is 6.07 Å². The molecule has 1 aliphatic heterocycles. The summed E-state index contributed by atoms with van der Waals surface area (Å²) in [5, 5.41) is 0. The van der Waals surface area contributed by atoms with Crippen molar-refractivity contribution in [3.05, 3.63) is 24.3 Å². The highest BCUT2D eigenvalue weighted by molar-refractivity contribution is 6.18. The maximum atomic E-state index is 5.89. The molecule has 0 aliphatic carbocycles. The van der Waals surface area contributed by atoms with Gasteiger partial charge in [-0.3, -0.25) is 4.90 Å². The second kappa shape index (κ2) is 4.71. The van der Waals surface area contributed by atoms with Gasteiger partial charge < -0.3 is 0 Å². The zero-order chi connectivity index (χ0) is 9.80. The summed E-state index contributed by atoms with van der Waals surface area (Å²) in [6, 6.07) is 2.35. The van der Waals surface area contributed by atoms with E-state index in [0.29, 0.717) is 11.9 Å². The number of rotatable bonds is 3. The molecule has 3 nitrogen and oxygen atoms in total. The van der Waals surface area contributed by atoms with Gasteiger partial charge in [0.15, 0.2) is 0 Å². The summed E-state index contributed by atoms with van der Waals surface area (Å²) < 4.78 is 0. The molecule has 0 radical (unpaired) electrons. The van der Waals surface area contributed by atoms with E-state index in [2.05, 4.69) is 14.9 Å². The third-order valence-electron chi connectivity index (χ3n) is 2.64. The SMILES string of the molecule is ClCC1CCCN1Cc1ncccn1. The highest BCUT2D eigenvalue weighted by Gasteiger charge is 2.23. The second-order valence-electron chi connectivity index (χ2n) is 3.59. The largest absolute Gasteiger partial charge is 0.292 e. The molecule has 0 spiro atoms. The van der Waals surface area contributed by atoms with Gasteiger partial charge in [0.1, 0.15) is 5.82 Å². The van der Waals surface area contributed by atoms with Crippen molar-refractivity contribution in [3.63, 3.8) is 0 Å². The molecule has 0 saturated carbocycles. The van der Waals surface area contributed by atoms with Gasteiger partial charge in [-0.2, -0.15) is 0 Å². The van der Waals surface area contributed by atoms with Crippen molar-refractivity contribution in [2.75, 3.05) is 12.4 Å². The maximum Gasteiger partial charge on any atom is 0.142 e. The normalized spacial score (nSPS) is 22.8. The van der Waals surface area contributed by atoms with Crippen LogP contribution in [-0.4, -0.2) is 33.3 Å². The molecule has 2 heterocycles. The Morgan fingerprint density at radius 1 is 1.43 bits per heavy atom. The predicted molar refractivity (Wildman–Crippen MR) is 56.2 cm³/mol. The Bertz CT molecular complexity index is 278. The summed E-state index contributed by atoms with van der Waals surface area (Å²) in [5.74, 6) is 1.61. The molecule has 2 rings (SSSR count). The van der Waals surface area contributed by atoms with Gasteiger partial charge in [-0.1, -0.05) is 0 Å². The van der Waals surface area contributed by atoms with Crippen molar-refractivity contribution in [2.24, 2.45) is 0 Å². The number of hydrogen-bond donors (Lipinski definition) is 0. The molecule has 1 aromatic rings. The fourth-order valence-corrected chi connectivity index (χ4v) is 2.22. The molecule has 1 aliphatic rings. The van der Waals surface area contributed by atoms with Crippen molar-refractivity contribution in [1.29, 1.82) is 0 Å². The molecule has 4 heteroatoms. The Labute approximate surface area is 89.1 Å². The molecule has 0 aromatic carbocycles. The minimum Gasteiger partial charge on any atom is -0.292 e. The van der Waals surface area contributed by atoms with E-state index in [-0.39, 0.29) is 0 Å². The van der Waals surface area contributed by atoms with Gasteiger partial charge in [0.25, 0.3) is 0 Å². The molecular formula is C10H14ClN3.